The molecule has 0 spiro atoms. The Morgan fingerprint density at radius 2 is 1.94 bits per heavy atom. The molecule has 3 heteroatoms. The quantitative estimate of drug-likeness (QED) is 0.794. The minimum atomic E-state index is 0.602. The van der Waals surface area contributed by atoms with Gasteiger partial charge in [-0.15, -0.1) is 0 Å². The van der Waals surface area contributed by atoms with Gasteiger partial charge in [0.05, 0.1) is 0 Å². The molecule has 0 amide bonds. The normalized spacial score (nSPS) is 15.0. The summed E-state index contributed by atoms with van der Waals surface area (Å²) >= 11 is 5.20. The summed E-state index contributed by atoms with van der Waals surface area (Å²) in [6.45, 7) is 0. The van der Waals surface area contributed by atoms with Gasteiger partial charge in [0, 0.05) is 11.6 Å². The van der Waals surface area contributed by atoms with E-state index in [1.807, 2.05) is 24.3 Å². The maximum absolute atomic E-state index is 5.20. The van der Waals surface area contributed by atoms with Crippen LogP contribution in [0.5, 0.6) is 0 Å². The fraction of sp³-hybridized carbons (Fsp3) is 0.231. The van der Waals surface area contributed by atoms with Crippen LogP contribution in [-0.2, 0) is 0 Å². The summed E-state index contributed by atoms with van der Waals surface area (Å²) in [5, 5.41) is 0. The van der Waals surface area contributed by atoms with Crippen LogP contribution in [0.15, 0.2) is 36.4 Å². The molecule has 0 saturated heterocycles. The van der Waals surface area contributed by atoms with Gasteiger partial charge in [-0.2, -0.15) is 0 Å². The molecule has 1 aromatic heterocycles. The molecule has 0 radical (unpaired) electrons. The minimum Gasteiger partial charge on any atom is -0.343 e. The SMILES string of the molecule is S=c1cc(-c2ccccc2)[nH]c(C2CC2)n1. The lowest BCUT2D eigenvalue weighted by Gasteiger charge is -2.04. The summed E-state index contributed by atoms with van der Waals surface area (Å²) in [6, 6.07) is 12.2. The number of hydrogen-bond donors (Lipinski definition) is 1. The van der Waals surface area contributed by atoms with Crippen LogP contribution in [0, 0.1) is 4.64 Å². The maximum atomic E-state index is 5.20. The largest absolute Gasteiger partial charge is 0.343 e. The van der Waals surface area contributed by atoms with Crippen LogP contribution >= 0.6 is 12.2 Å². The smallest absolute Gasteiger partial charge is 0.130 e. The van der Waals surface area contributed by atoms with Gasteiger partial charge in [-0.3, -0.25) is 0 Å². The van der Waals surface area contributed by atoms with Gasteiger partial charge in [0.2, 0.25) is 0 Å². The van der Waals surface area contributed by atoms with Crippen molar-refractivity contribution in [2.75, 3.05) is 0 Å². The summed E-state index contributed by atoms with van der Waals surface area (Å²) in [4.78, 5) is 7.77. The number of nitrogens with zero attached hydrogens (tertiary/aromatic N) is 1. The van der Waals surface area contributed by atoms with Gasteiger partial charge in [0.1, 0.15) is 10.5 Å². The second-order valence-corrected chi connectivity index (χ2v) is 4.58. The standard InChI is InChI=1S/C13H12N2S/c16-12-8-11(9-4-2-1-3-5-9)14-13(15-12)10-6-7-10/h1-5,8,10H,6-7H2,(H,14,15,16). The third-order valence-electron chi connectivity index (χ3n) is 2.81. The number of rotatable bonds is 2. The Labute approximate surface area is 99.4 Å². The van der Waals surface area contributed by atoms with Crippen LogP contribution in [0.4, 0.5) is 0 Å². The van der Waals surface area contributed by atoms with Crippen molar-refractivity contribution < 1.29 is 0 Å². The lowest BCUT2D eigenvalue weighted by atomic mass is 10.1. The van der Waals surface area contributed by atoms with Gasteiger partial charge >= 0.3 is 0 Å². The Morgan fingerprint density at radius 1 is 1.19 bits per heavy atom. The Hall–Kier alpha value is -1.48. The van der Waals surface area contributed by atoms with E-state index in [2.05, 4.69) is 22.1 Å². The molecule has 1 fully saturated rings. The van der Waals surface area contributed by atoms with Crippen molar-refractivity contribution >= 4 is 12.2 Å². The molecule has 1 heterocycles. The highest BCUT2D eigenvalue weighted by atomic mass is 32.1. The molecule has 3 rings (SSSR count). The van der Waals surface area contributed by atoms with E-state index in [0.29, 0.717) is 10.6 Å². The highest BCUT2D eigenvalue weighted by molar-refractivity contribution is 7.71. The molecule has 2 nitrogen and oxygen atoms in total. The number of H-pyrrole nitrogens is 1. The van der Waals surface area contributed by atoms with Crippen molar-refractivity contribution in [2.24, 2.45) is 0 Å². The van der Waals surface area contributed by atoms with E-state index in [-0.39, 0.29) is 0 Å². The van der Waals surface area contributed by atoms with Gasteiger partial charge in [-0.1, -0.05) is 42.5 Å². The molecule has 1 aliphatic rings. The first-order valence-electron chi connectivity index (χ1n) is 5.49. The highest BCUT2D eigenvalue weighted by Crippen LogP contribution is 2.38. The zero-order chi connectivity index (χ0) is 11.0. The van der Waals surface area contributed by atoms with E-state index in [0.717, 1.165) is 17.1 Å². The van der Waals surface area contributed by atoms with Crippen LogP contribution < -0.4 is 0 Å². The average molecular weight is 228 g/mol. The van der Waals surface area contributed by atoms with Crippen LogP contribution in [0.1, 0.15) is 24.6 Å². The number of benzene rings is 1. The van der Waals surface area contributed by atoms with Gasteiger partial charge in [0.25, 0.3) is 0 Å². The lowest BCUT2D eigenvalue weighted by molar-refractivity contribution is 0.924. The molecular formula is C13H12N2S. The highest BCUT2D eigenvalue weighted by Gasteiger charge is 2.26. The van der Waals surface area contributed by atoms with Crippen LogP contribution in [-0.4, -0.2) is 9.97 Å². The summed E-state index contributed by atoms with van der Waals surface area (Å²) in [5.41, 5.74) is 2.24. The first-order valence-corrected chi connectivity index (χ1v) is 5.90. The van der Waals surface area contributed by atoms with E-state index in [1.54, 1.807) is 0 Å². The van der Waals surface area contributed by atoms with Crippen molar-refractivity contribution in [2.45, 2.75) is 18.8 Å². The summed E-state index contributed by atoms with van der Waals surface area (Å²) in [6.07, 6.45) is 2.47. The minimum absolute atomic E-state index is 0.602. The Kier molecular flexibility index (Phi) is 2.33. The molecule has 1 aromatic carbocycles. The first-order chi connectivity index (χ1) is 7.83. The van der Waals surface area contributed by atoms with Crippen LogP contribution in [0.3, 0.4) is 0 Å². The molecule has 1 saturated carbocycles. The zero-order valence-electron chi connectivity index (χ0n) is 8.81. The molecule has 0 aliphatic heterocycles. The summed E-state index contributed by atoms with van der Waals surface area (Å²) < 4.78 is 0.680. The monoisotopic (exact) mass is 228 g/mol. The third-order valence-corrected chi connectivity index (χ3v) is 3.02. The molecule has 0 atom stereocenters. The molecule has 0 bridgehead atoms. The predicted molar refractivity (Wildman–Crippen MR) is 66.8 cm³/mol. The Balaban J connectivity index is 2.10. The third kappa shape index (κ3) is 1.91. The molecule has 1 aliphatic carbocycles. The van der Waals surface area contributed by atoms with Crippen molar-refractivity contribution in [1.29, 1.82) is 0 Å². The van der Waals surface area contributed by atoms with E-state index < -0.39 is 0 Å². The molecule has 16 heavy (non-hydrogen) atoms. The number of aromatic nitrogens is 2. The first kappa shape index (κ1) is 9.73. The van der Waals surface area contributed by atoms with Gasteiger partial charge < -0.3 is 4.98 Å². The van der Waals surface area contributed by atoms with Crippen molar-refractivity contribution in [3.63, 3.8) is 0 Å². The summed E-state index contributed by atoms with van der Waals surface area (Å²) in [5.74, 6) is 1.65. The number of hydrogen-bond acceptors (Lipinski definition) is 2. The molecule has 0 unspecified atom stereocenters. The van der Waals surface area contributed by atoms with E-state index in [1.165, 1.54) is 12.8 Å². The Bertz CT molecular complexity index is 556. The van der Waals surface area contributed by atoms with Crippen LogP contribution in [0.25, 0.3) is 11.3 Å². The van der Waals surface area contributed by atoms with Crippen LogP contribution in [0.2, 0.25) is 0 Å². The van der Waals surface area contributed by atoms with Gasteiger partial charge in [0.15, 0.2) is 0 Å². The van der Waals surface area contributed by atoms with E-state index in [9.17, 15) is 0 Å². The fourth-order valence-corrected chi connectivity index (χ4v) is 2.02. The molecule has 80 valence electrons. The van der Waals surface area contributed by atoms with Crippen molar-refractivity contribution in [3.05, 3.63) is 46.9 Å². The van der Waals surface area contributed by atoms with E-state index >= 15 is 0 Å². The average Bonchev–Trinajstić information content (AvgIpc) is 3.13. The van der Waals surface area contributed by atoms with Crippen molar-refractivity contribution in [1.82, 2.24) is 9.97 Å². The second-order valence-electron chi connectivity index (χ2n) is 4.16. The number of nitrogens with one attached hydrogen (secondary N) is 1. The summed E-state index contributed by atoms with van der Waals surface area (Å²) in [7, 11) is 0. The second kappa shape index (κ2) is 3.83. The predicted octanol–water partition coefficient (Wildman–Crippen LogP) is 3.68. The zero-order valence-corrected chi connectivity index (χ0v) is 9.63. The number of aromatic amines is 1. The molecule has 2 aromatic rings. The molecule has 1 N–H and O–H groups in total. The maximum Gasteiger partial charge on any atom is 0.130 e. The van der Waals surface area contributed by atoms with Gasteiger partial charge in [-0.05, 0) is 24.5 Å². The van der Waals surface area contributed by atoms with Crippen molar-refractivity contribution in [3.8, 4) is 11.3 Å². The lowest BCUT2D eigenvalue weighted by Crippen LogP contribution is -1.95. The molecular weight excluding hydrogens is 216 g/mol. The fourth-order valence-electron chi connectivity index (χ4n) is 1.80. The Morgan fingerprint density at radius 3 is 2.62 bits per heavy atom. The van der Waals surface area contributed by atoms with E-state index in [4.69, 9.17) is 12.2 Å². The topological polar surface area (TPSA) is 28.7 Å². The van der Waals surface area contributed by atoms with Gasteiger partial charge in [-0.25, -0.2) is 4.98 Å².